The second kappa shape index (κ2) is 4.44. The highest BCUT2D eigenvalue weighted by atomic mass is 16.5. The van der Waals surface area contributed by atoms with Crippen LogP contribution in [0.3, 0.4) is 0 Å². The second-order valence-corrected chi connectivity index (χ2v) is 2.71. The topological polar surface area (TPSA) is 73.1 Å². The molecule has 0 spiro atoms. The van der Waals surface area contributed by atoms with Crippen LogP contribution in [0.5, 0.6) is 5.88 Å². The average molecular weight is 192 g/mol. The minimum atomic E-state index is -0.324. The molecule has 0 aromatic carbocycles. The van der Waals surface area contributed by atoms with Crippen molar-refractivity contribution in [1.29, 1.82) is 0 Å². The van der Waals surface area contributed by atoms with E-state index >= 15 is 0 Å². The van der Waals surface area contributed by atoms with Crippen molar-refractivity contribution in [3.63, 3.8) is 0 Å². The monoisotopic (exact) mass is 192 g/mol. The van der Waals surface area contributed by atoms with E-state index in [0.717, 1.165) is 0 Å². The van der Waals surface area contributed by atoms with Gasteiger partial charge in [-0.15, -0.1) is 6.42 Å². The molecule has 1 heterocycles. The SMILES string of the molecule is C#CC(C)Oc1cc(NN)nc(C)n1. The van der Waals surface area contributed by atoms with Crippen molar-refractivity contribution in [2.24, 2.45) is 5.84 Å². The zero-order valence-corrected chi connectivity index (χ0v) is 8.11. The fourth-order valence-electron chi connectivity index (χ4n) is 0.890. The number of nitrogen functional groups attached to an aromatic ring is 1. The molecule has 0 fully saturated rings. The van der Waals surface area contributed by atoms with Gasteiger partial charge in [0.2, 0.25) is 5.88 Å². The molecule has 0 aliphatic rings. The van der Waals surface area contributed by atoms with Crippen LogP contribution in [0.2, 0.25) is 0 Å². The Balaban J connectivity index is 2.87. The quantitative estimate of drug-likeness (QED) is 0.414. The van der Waals surface area contributed by atoms with E-state index in [1.807, 2.05) is 0 Å². The van der Waals surface area contributed by atoms with E-state index in [9.17, 15) is 0 Å². The average Bonchev–Trinajstić information content (AvgIpc) is 2.16. The largest absolute Gasteiger partial charge is 0.461 e. The maximum atomic E-state index is 5.30. The molecule has 1 aromatic heterocycles. The van der Waals surface area contributed by atoms with Gasteiger partial charge in [0.05, 0.1) is 0 Å². The Labute approximate surface area is 82.7 Å². The molecule has 74 valence electrons. The molecule has 0 saturated heterocycles. The molecule has 0 saturated carbocycles. The first-order valence-corrected chi connectivity index (χ1v) is 4.10. The summed E-state index contributed by atoms with van der Waals surface area (Å²) in [4.78, 5) is 8.05. The van der Waals surface area contributed by atoms with E-state index in [4.69, 9.17) is 17.0 Å². The highest BCUT2D eigenvalue weighted by Gasteiger charge is 2.04. The van der Waals surface area contributed by atoms with Crippen LogP contribution in [0.4, 0.5) is 5.82 Å². The van der Waals surface area contributed by atoms with Crippen LogP contribution in [0.15, 0.2) is 6.07 Å². The summed E-state index contributed by atoms with van der Waals surface area (Å²) in [6, 6.07) is 1.58. The van der Waals surface area contributed by atoms with Crippen LogP contribution in [-0.2, 0) is 0 Å². The number of aromatic nitrogens is 2. The van der Waals surface area contributed by atoms with Crippen LogP contribution in [0.25, 0.3) is 0 Å². The van der Waals surface area contributed by atoms with Crippen LogP contribution >= 0.6 is 0 Å². The van der Waals surface area contributed by atoms with E-state index in [-0.39, 0.29) is 6.10 Å². The molecule has 1 aromatic rings. The second-order valence-electron chi connectivity index (χ2n) is 2.71. The van der Waals surface area contributed by atoms with Gasteiger partial charge in [-0.25, -0.2) is 10.8 Å². The minimum Gasteiger partial charge on any atom is -0.461 e. The van der Waals surface area contributed by atoms with Gasteiger partial charge in [-0.05, 0) is 13.8 Å². The molecule has 1 rings (SSSR count). The number of rotatable bonds is 3. The molecule has 3 N–H and O–H groups in total. The summed E-state index contributed by atoms with van der Waals surface area (Å²) >= 11 is 0. The number of terminal acetylenes is 1. The molecule has 5 heteroatoms. The van der Waals surface area contributed by atoms with Crippen molar-refractivity contribution >= 4 is 5.82 Å². The van der Waals surface area contributed by atoms with Gasteiger partial charge in [0.15, 0.2) is 6.10 Å². The van der Waals surface area contributed by atoms with Crippen LogP contribution in [0, 0.1) is 19.3 Å². The summed E-state index contributed by atoms with van der Waals surface area (Å²) in [6.45, 7) is 3.50. The number of nitrogens with two attached hydrogens (primary N) is 1. The molecule has 0 bridgehead atoms. The molecular formula is C9H12N4O. The Morgan fingerprint density at radius 1 is 1.64 bits per heavy atom. The van der Waals surface area contributed by atoms with Gasteiger partial charge in [0.1, 0.15) is 11.6 Å². The molecule has 1 unspecified atom stereocenters. The third kappa shape index (κ3) is 2.61. The van der Waals surface area contributed by atoms with E-state index < -0.39 is 0 Å². The van der Waals surface area contributed by atoms with Crippen molar-refractivity contribution in [1.82, 2.24) is 9.97 Å². The highest BCUT2D eigenvalue weighted by molar-refractivity contribution is 5.36. The first kappa shape index (κ1) is 10.3. The number of nitrogens with zero attached hydrogens (tertiary/aromatic N) is 2. The van der Waals surface area contributed by atoms with Gasteiger partial charge in [0.25, 0.3) is 0 Å². The van der Waals surface area contributed by atoms with Crippen molar-refractivity contribution in [3.05, 3.63) is 11.9 Å². The van der Waals surface area contributed by atoms with Crippen LogP contribution in [-0.4, -0.2) is 16.1 Å². The Hall–Kier alpha value is -1.80. The first-order valence-electron chi connectivity index (χ1n) is 4.10. The summed E-state index contributed by atoms with van der Waals surface area (Å²) in [6.07, 6.45) is 4.85. The molecular weight excluding hydrogens is 180 g/mol. The summed E-state index contributed by atoms with van der Waals surface area (Å²) in [5.41, 5.74) is 2.42. The molecule has 0 aliphatic carbocycles. The predicted molar refractivity (Wildman–Crippen MR) is 53.5 cm³/mol. The standard InChI is InChI=1S/C9H12N4O/c1-4-6(2)14-9-5-8(13-10)11-7(3)12-9/h1,5-6H,10H2,2-3H3,(H,11,12,13). The Morgan fingerprint density at radius 3 is 2.93 bits per heavy atom. The van der Waals surface area contributed by atoms with Crippen molar-refractivity contribution in [3.8, 4) is 18.2 Å². The third-order valence-electron chi connectivity index (χ3n) is 1.49. The maximum absolute atomic E-state index is 5.30. The predicted octanol–water partition coefficient (Wildman–Crippen LogP) is 0.471. The van der Waals surface area contributed by atoms with Gasteiger partial charge in [0, 0.05) is 6.07 Å². The first-order chi connectivity index (χ1) is 6.65. The van der Waals surface area contributed by atoms with Crippen molar-refractivity contribution in [2.75, 3.05) is 5.43 Å². The van der Waals surface area contributed by atoms with E-state index in [2.05, 4.69) is 21.3 Å². The lowest BCUT2D eigenvalue weighted by atomic mass is 10.4. The van der Waals surface area contributed by atoms with Crippen molar-refractivity contribution < 1.29 is 4.74 Å². The van der Waals surface area contributed by atoms with Crippen molar-refractivity contribution in [2.45, 2.75) is 20.0 Å². The fraction of sp³-hybridized carbons (Fsp3) is 0.333. The zero-order valence-electron chi connectivity index (χ0n) is 8.11. The van der Waals surface area contributed by atoms with Gasteiger partial charge in [-0.1, -0.05) is 5.92 Å². The lowest BCUT2D eigenvalue weighted by molar-refractivity contribution is 0.267. The molecule has 0 amide bonds. The molecule has 0 radical (unpaired) electrons. The number of anilines is 1. The van der Waals surface area contributed by atoms with Gasteiger partial charge in [-0.3, -0.25) is 0 Å². The maximum Gasteiger partial charge on any atom is 0.220 e. The normalized spacial score (nSPS) is 11.6. The number of hydrogen-bond donors (Lipinski definition) is 2. The molecule has 1 atom stereocenters. The van der Waals surface area contributed by atoms with Gasteiger partial charge >= 0.3 is 0 Å². The van der Waals surface area contributed by atoms with E-state index in [0.29, 0.717) is 17.5 Å². The number of ether oxygens (including phenoxy) is 1. The summed E-state index contributed by atoms with van der Waals surface area (Å²) < 4.78 is 5.30. The van der Waals surface area contributed by atoms with Gasteiger partial charge in [-0.2, -0.15) is 4.98 Å². The van der Waals surface area contributed by atoms with Crippen LogP contribution in [0.1, 0.15) is 12.7 Å². The molecule has 5 nitrogen and oxygen atoms in total. The lowest BCUT2D eigenvalue weighted by Crippen LogP contribution is -2.13. The van der Waals surface area contributed by atoms with E-state index in [1.54, 1.807) is 19.9 Å². The zero-order chi connectivity index (χ0) is 10.6. The van der Waals surface area contributed by atoms with Crippen LogP contribution < -0.4 is 16.0 Å². The Bertz CT molecular complexity index is 358. The summed E-state index contributed by atoms with van der Waals surface area (Å²) in [5, 5.41) is 0. The smallest absolute Gasteiger partial charge is 0.220 e. The summed E-state index contributed by atoms with van der Waals surface area (Å²) in [7, 11) is 0. The molecule has 0 aliphatic heterocycles. The van der Waals surface area contributed by atoms with Gasteiger partial charge < -0.3 is 10.2 Å². The lowest BCUT2D eigenvalue weighted by Gasteiger charge is -2.09. The minimum absolute atomic E-state index is 0.324. The number of hydrazine groups is 1. The number of nitrogens with one attached hydrogen (secondary N) is 1. The summed E-state index contributed by atoms with van der Waals surface area (Å²) in [5.74, 6) is 9.13. The number of aryl methyl sites for hydroxylation is 1. The molecule has 14 heavy (non-hydrogen) atoms. The Kier molecular flexibility index (Phi) is 3.26. The van der Waals surface area contributed by atoms with E-state index in [1.165, 1.54) is 0 Å². The number of hydrogen-bond acceptors (Lipinski definition) is 5. The fourth-order valence-corrected chi connectivity index (χ4v) is 0.890. The third-order valence-corrected chi connectivity index (χ3v) is 1.49. The highest BCUT2D eigenvalue weighted by Crippen LogP contribution is 2.13. The Morgan fingerprint density at radius 2 is 2.36 bits per heavy atom.